The van der Waals surface area contributed by atoms with Crippen LogP contribution in [0.3, 0.4) is 0 Å². The summed E-state index contributed by atoms with van der Waals surface area (Å²) >= 11 is 3.13. The molecule has 3 aromatic heterocycles. The van der Waals surface area contributed by atoms with Crippen LogP contribution in [0.1, 0.15) is 18.4 Å². The lowest BCUT2D eigenvalue weighted by Crippen LogP contribution is -2.23. The van der Waals surface area contributed by atoms with Crippen LogP contribution in [-0.2, 0) is 6.54 Å². The van der Waals surface area contributed by atoms with Crippen molar-refractivity contribution in [2.45, 2.75) is 26.3 Å². The van der Waals surface area contributed by atoms with Gasteiger partial charge >= 0.3 is 0 Å². The van der Waals surface area contributed by atoms with Crippen LogP contribution in [0.5, 0.6) is 0 Å². The molecule has 1 aromatic carbocycles. The van der Waals surface area contributed by atoms with Gasteiger partial charge in [-0.3, -0.25) is 9.36 Å². The van der Waals surface area contributed by atoms with Crippen LogP contribution < -0.4 is 5.56 Å². The molecule has 0 N–H and O–H groups in total. The number of unbranched alkanes of at least 4 members (excludes halogenated alkanes) is 1. The Morgan fingerprint density at radius 1 is 1.22 bits per heavy atom. The predicted molar refractivity (Wildman–Crippen MR) is 112 cm³/mol. The van der Waals surface area contributed by atoms with Crippen molar-refractivity contribution in [1.29, 1.82) is 5.26 Å². The maximum absolute atomic E-state index is 13.4. The van der Waals surface area contributed by atoms with Crippen molar-refractivity contribution in [1.82, 2.24) is 9.55 Å². The summed E-state index contributed by atoms with van der Waals surface area (Å²) in [5, 5.41) is 13.6. The Balaban J connectivity index is 1.96. The maximum Gasteiger partial charge on any atom is 0.263 e. The summed E-state index contributed by atoms with van der Waals surface area (Å²) < 4.78 is 1.73. The van der Waals surface area contributed by atoms with Crippen molar-refractivity contribution in [2.24, 2.45) is 0 Å². The number of aryl methyl sites for hydroxylation is 1. The molecule has 6 heteroatoms. The zero-order valence-corrected chi connectivity index (χ0v) is 16.4. The van der Waals surface area contributed by atoms with Crippen molar-refractivity contribution in [3.63, 3.8) is 0 Å². The molecule has 0 saturated carbocycles. The van der Waals surface area contributed by atoms with Crippen LogP contribution in [0.15, 0.2) is 52.0 Å². The van der Waals surface area contributed by atoms with Crippen molar-refractivity contribution in [2.75, 3.05) is 0 Å². The normalized spacial score (nSPS) is 11.0. The second-order valence-electron chi connectivity index (χ2n) is 6.33. The first-order valence-electron chi connectivity index (χ1n) is 8.69. The first kappa shape index (κ1) is 17.7. The molecule has 134 valence electrons. The van der Waals surface area contributed by atoms with E-state index in [9.17, 15) is 4.79 Å². The van der Waals surface area contributed by atoms with Gasteiger partial charge in [0.2, 0.25) is 0 Å². The first-order chi connectivity index (χ1) is 13.2. The van der Waals surface area contributed by atoms with E-state index in [1.165, 1.54) is 11.3 Å². The number of fused-ring (bicyclic) bond motifs is 1. The fourth-order valence-corrected chi connectivity index (χ4v) is 4.92. The van der Waals surface area contributed by atoms with E-state index in [1.807, 2.05) is 54.1 Å². The zero-order chi connectivity index (χ0) is 18.8. The standard InChI is InChI=1S/C21H17N3OS2/c1-14-6-4-7-15(12-14)19-23-20-18(21(25)24(19)10-3-2-9-22)16(13-27-20)17-8-5-11-26-17/h4-8,11-13H,2-3,10H2,1H3. The number of hydrogen-bond acceptors (Lipinski definition) is 5. The van der Waals surface area contributed by atoms with Gasteiger partial charge in [-0.05, 0) is 30.9 Å². The van der Waals surface area contributed by atoms with E-state index in [-0.39, 0.29) is 5.56 Å². The summed E-state index contributed by atoms with van der Waals surface area (Å²) in [6, 6.07) is 14.2. The highest BCUT2D eigenvalue weighted by molar-refractivity contribution is 7.18. The highest BCUT2D eigenvalue weighted by atomic mass is 32.1. The molecule has 0 bridgehead atoms. The average molecular weight is 392 g/mol. The second kappa shape index (κ2) is 7.47. The molecule has 0 spiro atoms. The number of benzene rings is 1. The minimum atomic E-state index is -0.0286. The summed E-state index contributed by atoms with van der Waals surface area (Å²) in [6.07, 6.45) is 1.04. The van der Waals surface area contributed by atoms with E-state index in [0.717, 1.165) is 26.4 Å². The van der Waals surface area contributed by atoms with E-state index in [2.05, 4.69) is 6.07 Å². The van der Waals surface area contributed by atoms with E-state index in [0.29, 0.717) is 30.6 Å². The fourth-order valence-electron chi connectivity index (χ4n) is 3.17. The highest BCUT2D eigenvalue weighted by Crippen LogP contribution is 2.34. The van der Waals surface area contributed by atoms with Crippen LogP contribution in [0, 0.1) is 18.3 Å². The largest absolute Gasteiger partial charge is 0.292 e. The smallest absolute Gasteiger partial charge is 0.263 e. The zero-order valence-electron chi connectivity index (χ0n) is 14.8. The summed E-state index contributed by atoms with van der Waals surface area (Å²) in [4.78, 5) is 20.1. The highest BCUT2D eigenvalue weighted by Gasteiger charge is 2.18. The van der Waals surface area contributed by atoms with E-state index in [4.69, 9.17) is 10.2 Å². The predicted octanol–water partition coefficient (Wildman–Crippen LogP) is 5.47. The van der Waals surface area contributed by atoms with Crippen molar-refractivity contribution < 1.29 is 0 Å². The van der Waals surface area contributed by atoms with Gasteiger partial charge in [-0.1, -0.05) is 29.8 Å². The molecule has 27 heavy (non-hydrogen) atoms. The number of hydrogen-bond donors (Lipinski definition) is 0. The summed E-state index contributed by atoms with van der Waals surface area (Å²) in [6.45, 7) is 2.51. The molecular formula is C21H17N3OS2. The van der Waals surface area contributed by atoms with Gasteiger partial charge in [-0.25, -0.2) is 4.98 Å². The molecule has 3 heterocycles. The van der Waals surface area contributed by atoms with Crippen LogP contribution >= 0.6 is 22.7 Å². The Hall–Kier alpha value is -2.75. The van der Waals surface area contributed by atoms with Gasteiger partial charge in [-0.15, -0.1) is 22.7 Å². The Morgan fingerprint density at radius 2 is 2.11 bits per heavy atom. The first-order valence-corrected chi connectivity index (χ1v) is 10.4. The minimum Gasteiger partial charge on any atom is -0.292 e. The molecule has 0 radical (unpaired) electrons. The lowest BCUT2D eigenvalue weighted by atomic mass is 10.1. The summed E-state index contributed by atoms with van der Waals surface area (Å²) in [7, 11) is 0. The lowest BCUT2D eigenvalue weighted by Gasteiger charge is -2.13. The number of thiophene rings is 2. The Kier molecular flexibility index (Phi) is 4.88. The third kappa shape index (κ3) is 3.32. The molecule has 0 saturated heterocycles. The lowest BCUT2D eigenvalue weighted by molar-refractivity contribution is 0.634. The third-order valence-electron chi connectivity index (χ3n) is 4.43. The van der Waals surface area contributed by atoms with Gasteiger partial charge in [0.1, 0.15) is 10.7 Å². The Morgan fingerprint density at radius 3 is 2.85 bits per heavy atom. The van der Waals surface area contributed by atoms with Gasteiger partial charge in [0.15, 0.2) is 0 Å². The quantitative estimate of drug-likeness (QED) is 0.424. The SMILES string of the molecule is Cc1cccc(-c2nc3scc(-c4cccs4)c3c(=O)n2CCCC#N)c1. The molecular weight excluding hydrogens is 374 g/mol. The molecule has 0 atom stereocenters. The molecule has 4 aromatic rings. The van der Waals surface area contributed by atoms with E-state index >= 15 is 0 Å². The van der Waals surface area contributed by atoms with Gasteiger partial charge < -0.3 is 0 Å². The Bertz CT molecular complexity index is 1200. The summed E-state index contributed by atoms with van der Waals surface area (Å²) in [5.74, 6) is 0.675. The van der Waals surface area contributed by atoms with Crippen molar-refractivity contribution >= 4 is 32.9 Å². The van der Waals surface area contributed by atoms with Crippen LogP contribution in [-0.4, -0.2) is 9.55 Å². The van der Waals surface area contributed by atoms with Crippen molar-refractivity contribution in [3.05, 3.63) is 63.1 Å². The van der Waals surface area contributed by atoms with Gasteiger partial charge in [0.05, 0.1) is 11.5 Å². The van der Waals surface area contributed by atoms with Crippen LogP contribution in [0.2, 0.25) is 0 Å². The van der Waals surface area contributed by atoms with Crippen LogP contribution in [0.25, 0.3) is 32.0 Å². The third-order valence-corrected chi connectivity index (χ3v) is 6.20. The monoisotopic (exact) mass is 391 g/mol. The number of rotatable bonds is 5. The van der Waals surface area contributed by atoms with Crippen molar-refractivity contribution in [3.8, 4) is 27.9 Å². The molecule has 4 nitrogen and oxygen atoms in total. The minimum absolute atomic E-state index is 0.0286. The molecule has 0 aliphatic rings. The molecule has 0 aliphatic heterocycles. The van der Waals surface area contributed by atoms with Gasteiger partial charge in [-0.2, -0.15) is 5.26 Å². The van der Waals surface area contributed by atoms with E-state index < -0.39 is 0 Å². The van der Waals surface area contributed by atoms with Crippen LogP contribution in [0.4, 0.5) is 0 Å². The molecule has 0 unspecified atom stereocenters. The fraction of sp³-hybridized carbons (Fsp3) is 0.190. The average Bonchev–Trinajstić information content (AvgIpc) is 3.32. The molecule has 0 aliphatic carbocycles. The molecule has 0 fully saturated rings. The van der Waals surface area contributed by atoms with E-state index in [1.54, 1.807) is 15.9 Å². The summed E-state index contributed by atoms with van der Waals surface area (Å²) in [5.41, 5.74) is 2.97. The second-order valence-corrected chi connectivity index (χ2v) is 8.14. The molecule has 4 rings (SSSR count). The molecule has 0 amide bonds. The maximum atomic E-state index is 13.4. The number of aromatic nitrogens is 2. The topological polar surface area (TPSA) is 58.7 Å². The van der Waals surface area contributed by atoms with Gasteiger partial charge in [0.25, 0.3) is 5.56 Å². The Labute approximate surface area is 165 Å². The number of nitriles is 1. The van der Waals surface area contributed by atoms with Gasteiger partial charge in [0, 0.05) is 34.3 Å². The number of nitrogens with zero attached hydrogens (tertiary/aromatic N) is 3.